The monoisotopic (exact) mass is 275 g/mol. The molecule has 1 aromatic heterocycles. The second-order valence-electron chi connectivity index (χ2n) is 4.02. The first-order valence-corrected chi connectivity index (χ1v) is 5.90. The van der Waals surface area contributed by atoms with Crippen molar-refractivity contribution >= 4 is 12.1 Å². The van der Waals surface area contributed by atoms with Crippen molar-refractivity contribution in [3.05, 3.63) is 59.5 Å². The van der Waals surface area contributed by atoms with Gasteiger partial charge < -0.3 is 19.6 Å². The van der Waals surface area contributed by atoms with Crippen LogP contribution in [0.2, 0.25) is 0 Å². The molecule has 1 heterocycles. The van der Waals surface area contributed by atoms with E-state index >= 15 is 0 Å². The van der Waals surface area contributed by atoms with Crippen LogP contribution in [0.1, 0.15) is 21.7 Å². The van der Waals surface area contributed by atoms with E-state index in [1.807, 2.05) is 30.3 Å². The number of benzene rings is 1. The molecule has 20 heavy (non-hydrogen) atoms. The molecule has 2 rings (SSSR count). The number of amides is 1. The Hall–Kier alpha value is -2.76. The Kier molecular flexibility index (Phi) is 4.39. The van der Waals surface area contributed by atoms with Gasteiger partial charge in [-0.25, -0.2) is 9.59 Å². The number of alkyl carbamates (subject to hydrolysis) is 1. The predicted octanol–water partition coefficient (Wildman–Crippen LogP) is 2.40. The van der Waals surface area contributed by atoms with Crippen LogP contribution in [0.15, 0.2) is 47.1 Å². The van der Waals surface area contributed by atoms with Crippen molar-refractivity contribution in [1.82, 2.24) is 5.32 Å². The summed E-state index contributed by atoms with van der Waals surface area (Å²) in [7, 11) is 0. The molecule has 2 aromatic rings. The van der Waals surface area contributed by atoms with Crippen LogP contribution in [-0.4, -0.2) is 17.2 Å². The van der Waals surface area contributed by atoms with Crippen LogP contribution in [0.5, 0.6) is 0 Å². The first-order chi connectivity index (χ1) is 9.65. The molecule has 0 aliphatic carbocycles. The topological polar surface area (TPSA) is 88.8 Å². The lowest BCUT2D eigenvalue weighted by Gasteiger charge is -2.05. The Morgan fingerprint density at radius 2 is 2.00 bits per heavy atom. The van der Waals surface area contributed by atoms with E-state index in [4.69, 9.17) is 14.3 Å². The van der Waals surface area contributed by atoms with Gasteiger partial charge in [0.05, 0.1) is 12.1 Å². The van der Waals surface area contributed by atoms with E-state index in [0.29, 0.717) is 5.76 Å². The number of ether oxygens (including phenoxy) is 1. The van der Waals surface area contributed by atoms with Gasteiger partial charge in [-0.2, -0.15) is 0 Å². The summed E-state index contributed by atoms with van der Waals surface area (Å²) < 4.78 is 9.98. The molecule has 6 nitrogen and oxygen atoms in total. The van der Waals surface area contributed by atoms with Gasteiger partial charge in [-0.3, -0.25) is 0 Å². The third kappa shape index (κ3) is 3.88. The summed E-state index contributed by atoms with van der Waals surface area (Å²) in [6, 6.07) is 10.6. The van der Waals surface area contributed by atoms with Crippen LogP contribution in [0.4, 0.5) is 4.79 Å². The lowest BCUT2D eigenvalue weighted by molar-refractivity contribution is 0.0696. The third-order valence-corrected chi connectivity index (χ3v) is 2.52. The minimum Gasteiger partial charge on any atom is -0.478 e. The number of rotatable bonds is 5. The molecular formula is C14H13NO5. The third-order valence-electron chi connectivity index (χ3n) is 2.52. The fraction of sp³-hybridized carbons (Fsp3) is 0.143. The second kappa shape index (κ2) is 6.42. The van der Waals surface area contributed by atoms with Crippen molar-refractivity contribution in [3.8, 4) is 0 Å². The molecule has 0 saturated heterocycles. The highest BCUT2D eigenvalue weighted by Crippen LogP contribution is 2.07. The van der Waals surface area contributed by atoms with E-state index in [1.165, 1.54) is 6.07 Å². The van der Waals surface area contributed by atoms with Crippen LogP contribution in [-0.2, 0) is 17.9 Å². The first kappa shape index (κ1) is 13.7. The average Bonchev–Trinajstić information content (AvgIpc) is 2.93. The van der Waals surface area contributed by atoms with E-state index in [1.54, 1.807) is 0 Å². The van der Waals surface area contributed by atoms with E-state index in [9.17, 15) is 9.59 Å². The number of aromatic carboxylic acids is 1. The Morgan fingerprint density at radius 1 is 1.25 bits per heavy atom. The fourth-order valence-electron chi connectivity index (χ4n) is 1.52. The molecule has 1 amide bonds. The molecule has 0 bridgehead atoms. The molecule has 0 spiro atoms. The van der Waals surface area contributed by atoms with Gasteiger partial charge in [0.25, 0.3) is 0 Å². The van der Waals surface area contributed by atoms with Crippen molar-refractivity contribution in [2.75, 3.05) is 0 Å². The van der Waals surface area contributed by atoms with Crippen LogP contribution in [0, 0.1) is 0 Å². The molecule has 0 fully saturated rings. The molecule has 0 unspecified atom stereocenters. The van der Waals surface area contributed by atoms with Crippen LogP contribution >= 0.6 is 0 Å². The van der Waals surface area contributed by atoms with Gasteiger partial charge >= 0.3 is 12.1 Å². The van der Waals surface area contributed by atoms with Gasteiger partial charge in [-0.1, -0.05) is 30.3 Å². The molecule has 0 saturated carbocycles. The number of nitrogens with one attached hydrogen (secondary N) is 1. The van der Waals surface area contributed by atoms with Gasteiger partial charge in [0.1, 0.15) is 18.6 Å². The van der Waals surface area contributed by atoms with E-state index in [-0.39, 0.29) is 18.7 Å². The standard InChI is InChI=1S/C14H13NO5/c16-13(17)11-6-12(19-9-11)7-15-14(18)20-8-10-4-2-1-3-5-10/h1-6,9H,7-8H2,(H,15,18)(H,16,17). The largest absolute Gasteiger partial charge is 0.478 e. The minimum absolute atomic E-state index is 0.0412. The highest BCUT2D eigenvalue weighted by Gasteiger charge is 2.09. The van der Waals surface area contributed by atoms with E-state index < -0.39 is 12.1 Å². The normalized spacial score (nSPS) is 10.0. The molecule has 1 aromatic carbocycles. The van der Waals surface area contributed by atoms with Crippen molar-refractivity contribution in [3.63, 3.8) is 0 Å². The van der Waals surface area contributed by atoms with Crippen molar-refractivity contribution in [2.45, 2.75) is 13.2 Å². The van der Waals surface area contributed by atoms with Crippen molar-refractivity contribution < 1.29 is 23.8 Å². The molecule has 0 atom stereocenters. The second-order valence-corrected chi connectivity index (χ2v) is 4.02. The van der Waals surface area contributed by atoms with Gasteiger partial charge in [-0.15, -0.1) is 0 Å². The van der Waals surface area contributed by atoms with Crippen LogP contribution in [0.3, 0.4) is 0 Å². The predicted molar refractivity (Wildman–Crippen MR) is 69.1 cm³/mol. The summed E-state index contributed by atoms with van der Waals surface area (Å²) in [4.78, 5) is 22.1. The number of carboxylic acid groups (broad SMARTS) is 1. The highest BCUT2D eigenvalue weighted by atomic mass is 16.5. The lowest BCUT2D eigenvalue weighted by atomic mass is 10.2. The molecular weight excluding hydrogens is 262 g/mol. The van der Waals surface area contributed by atoms with Crippen LogP contribution in [0.25, 0.3) is 0 Å². The minimum atomic E-state index is -1.08. The molecule has 104 valence electrons. The maximum atomic E-state index is 11.4. The molecule has 2 N–H and O–H groups in total. The smallest absolute Gasteiger partial charge is 0.407 e. The number of carboxylic acids is 1. The number of hydrogen-bond donors (Lipinski definition) is 2. The molecule has 0 radical (unpaired) electrons. The van der Waals surface area contributed by atoms with E-state index in [0.717, 1.165) is 11.8 Å². The quantitative estimate of drug-likeness (QED) is 0.874. The Bertz CT molecular complexity index is 591. The number of carbonyl (C=O) groups excluding carboxylic acids is 1. The zero-order valence-electron chi connectivity index (χ0n) is 10.5. The highest BCUT2D eigenvalue weighted by molar-refractivity contribution is 5.87. The van der Waals surface area contributed by atoms with E-state index in [2.05, 4.69) is 5.32 Å². The molecule has 0 aliphatic rings. The number of hydrogen-bond acceptors (Lipinski definition) is 4. The summed E-state index contributed by atoms with van der Waals surface area (Å²) in [5.74, 6) is -0.731. The SMILES string of the molecule is O=C(NCc1cc(C(=O)O)co1)OCc1ccccc1. The molecule has 0 aliphatic heterocycles. The van der Waals surface area contributed by atoms with Gasteiger partial charge in [-0.05, 0) is 11.6 Å². The van der Waals surface area contributed by atoms with Crippen molar-refractivity contribution in [1.29, 1.82) is 0 Å². The van der Waals surface area contributed by atoms with Gasteiger partial charge in [0.2, 0.25) is 0 Å². The summed E-state index contributed by atoms with van der Waals surface area (Å²) in [5.41, 5.74) is 0.924. The Balaban J connectivity index is 1.76. The Morgan fingerprint density at radius 3 is 2.65 bits per heavy atom. The van der Waals surface area contributed by atoms with Gasteiger partial charge in [0.15, 0.2) is 0 Å². The maximum Gasteiger partial charge on any atom is 0.407 e. The van der Waals surface area contributed by atoms with Crippen LogP contribution < -0.4 is 5.32 Å². The van der Waals surface area contributed by atoms with Gasteiger partial charge in [0, 0.05) is 0 Å². The fourth-order valence-corrected chi connectivity index (χ4v) is 1.52. The molecule has 6 heteroatoms. The summed E-state index contributed by atoms with van der Waals surface area (Å²) in [6.45, 7) is 0.242. The maximum absolute atomic E-state index is 11.4. The summed E-state index contributed by atoms with van der Waals surface area (Å²) in [6.07, 6.45) is 0.524. The summed E-state index contributed by atoms with van der Waals surface area (Å²) in [5, 5.41) is 11.2. The zero-order valence-corrected chi connectivity index (χ0v) is 10.5. The summed E-state index contributed by atoms with van der Waals surface area (Å²) >= 11 is 0. The lowest BCUT2D eigenvalue weighted by Crippen LogP contribution is -2.23. The first-order valence-electron chi connectivity index (χ1n) is 5.90. The zero-order chi connectivity index (χ0) is 14.4. The number of furan rings is 1. The van der Waals surface area contributed by atoms with Crippen molar-refractivity contribution in [2.24, 2.45) is 0 Å². The average molecular weight is 275 g/mol. The number of carbonyl (C=O) groups is 2. The Labute approximate surface area is 115 Å².